The molecule has 0 radical (unpaired) electrons. The van der Waals surface area contributed by atoms with Crippen molar-refractivity contribution in [2.45, 2.75) is 26.7 Å². The van der Waals surface area contributed by atoms with Crippen molar-refractivity contribution in [2.75, 3.05) is 7.11 Å². The van der Waals surface area contributed by atoms with E-state index in [9.17, 15) is 14.4 Å². The number of hydrogen-bond acceptors (Lipinski definition) is 4. The summed E-state index contributed by atoms with van der Waals surface area (Å²) in [6.45, 7) is 3.69. The Kier molecular flexibility index (Phi) is 2.73. The van der Waals surface area contributed by atoms with Gasteiger partial charge in [-0.2, -0.15) is 0 Å². The number of carbonyl (C=O) groups is 3. The van der Waals surface area contributed by atoms with Crippen LogP contribution in [0, 0.1) is 11.3 Å². The summed E-state index contributed by atoms with van der Waals surface area (Å²) in [5.74, 6) is -2.54. The van der Waals surface area contributed by atoms with Gasteiger partial charge in [-0.25, -0.2) is 0 Å². The zero-order valence-corrected chi connectivity index (χ0v) is 8.62. The van der Waals surface area contributed by atoms with E-state index in [-0.39, 0.29) is 29.8 Å². The normalized spacial score (nSPS) is 22.2. The molecule has 78 valence electrons. The predicted octanol–water partition coefficient (Wildman–Crippen LogP) is 0.734. The molecule has 0 amide bonds. The smallest absolute Gasteiger partial charge is 0.323 e. The van der Waals surface area contributed by atoms with Gasteiger partial charge in [0.05, 0.1) is 7.11 Å². The molecule has 0 heterocycles. The van der Waals surface area contributed by atoms with Crippen LogP contribution >= 0.6 is 0 Å². The van der Waals surface area contributed by atoms with Gasteiger partial charge in [0, 0.05) is 12.8 Å². The molecule has 1 saturated carbocycles. The maximum Gasteiger partial charge on any atom is 0.323 e. The zero-order chi connectivity index (χ0) is 10.9. The Labute approximate surface area is 82.6 Å². The maximum absolute atomic E-state index is 11.5. The highest BCUT2D eigenvalue weighted by atomic mass is 16.5. The molecule has 1 aliphatic carbocycles. The minimum absolute atomic E-state index is 0.262. The van der Waals surface area contributed by atoms with Gasteiger partial charge in [0.1, 0.15) is 0 Å². The molecule has 1 aliphatic rings. The number of rotatable bonds is 1. The number of carbonyl (C=O) groups excluding carboxylic acids is 3. The minimum atomic E-state index is -1.17. The summed E-state index contributed by atoms with van der Waals surface area (Å²) >= 11 is 0. The quantitative estimate of drug-likeness (QED) is 0.460. The highest BCUT2D eigenvalue weighted by Crippen LogP contribution is 2.34. The summed E-state index contributed by atoms with van der Waals surface area (Å²) in [5.41, 5.74) is -0.321. The molecule has 0 N–H and O–H groups in total. The van der Waals surface area contributed by atoms with Crippen LogP contribution < -0.4 is 0 Å². The Morgan fingerprint density at radius 1 is 1.29 bits per heavy atom. The summed E-state index contributed by atoms with van der Waals surface area (Å²) in [6.07, 6.45) is 0.525. The predicted molar refractivity (Wildman–Crippen MR) is 48.5 cm³/mol. The number of esters is 1. The van der Waals surface area contributed by atoms with E-state index < -0.39 is 11.9 Å². The van der Waals surface area contributed by atoms with Crippen LogP contribution in [0.25, 0.3) is 0 Å². The van der Waals surface area contributed by atoms with Crippen molar-refractivity contribution in [3.8, 4) is 0 Å². The molecule has 1 rings (SSSR count). The second-order valence-electron chi connectivity index (χ2n) is 4.41. The van der Waals surface area contributed by atoms with Gasteiger partial charge in [-0.15, -0.1) is 0 Å². The number of ether oxygens (including phenoxy) is 1. The third kappa shape index (κ3) is 2.00. The van der Waals surface area contributed by atoms with E-state index in [4.69, 9.17) is 0 Å². The van der Waals surface area contributed by atoms with Crippen LogP contribution in [-0.2, 0) is 19.1 Å². The molecular formula is C10H14O4. The fraction of sp³-hybridized carbons (Fsp3) is 0.700. The van der Waals surface area contributed by atoms with Gasteiger partial charge in [0.15, 0.2) is 17.5 Å². The van der Waals surface area contributed by atoms with Crippen LogP contribution in [0.1, 0.15) is 26.7 Å². The van der Waals surface area contributed by atoms with Gasteiger partial charge in [0.25, 0.3) is 0 Å². The molecule has 4 heteroatoms. The third-order valence-corrected chi connectivity index (χ3v) is 2.39. The number of Topliss-reactive ketones (excluding diaryl/α,β-unsaturated/α-hetero) is 2. The van der Waals surface area contributed by atoms with Crippen molar-refractivity contribution < 1.29 is 19.1 Å². The van der Waals surface area contributed by atoms with Gasteiger partial charge in [-0.1, -0.05) is 13.8 Å². The summed E-state index contributed by atoms with van der Waals surface area (Å²) in [4.78, 5) is 34.1. The fourth-order valence-electron chi connectivity index (χ4n) is 1.77. The Bertz CT molecular complexity index is 270. The van der Waals surface area contributed by atoms with E-state index in [1.165, 1.54) is 7.11 Å². The van der Waals surface area contributed by atoms with Crippen molar-refractivity contribution in [2.24, 2.45) is 11.3 Å². The lowest BCUT2D eigenvalue weighted by molar-refractivity contribution is -0.156. The first-order valence-corrected chi connectivity index (χ1v) is 4.50. The SMILES string of the molecule is COC(=O)C1C(=O)CC(C)(C)CC1=O. The third-order valence-electron chi connectivity index (χ3n) is 2.39. The number of methoxy groups -OCH3 is 1. The summed E-state index contributed by atoms with van der Waals surface area (Å²) in [7, 11) is 1.18. The second-order valence-corrected chi connectivity index (χ2v) is 4.41. The molecule has 0 atom stereocenters. The summed E-state index contributed by atoms with van der Waals surface area (Å²) in [6, 6.07) is 0. The molecule has 0 bridgehead atoms. The van der Waals surface area contributed by atoms with Gasteiger partial charge in [-0.3, -0.25) is 14.4 Å². The first kappa shape index (κ1) is 10.9. The average molecular weight is 198 g/mol. The lowest BCUT2D eigenvalue weighted by Crippen LogP contribution is -2.42. The minimum Gasteiger partial charge on any atom is -0.468 e. The maximum atomic E-state index is 11.5. The summed E-state index contributed by atoms with van der Waals surface area (Å²) < 4.78 is 4.42. The number of hydrogen-bond donors (Lipinski definition) is 0. The van der Waals surface area contributed by atoms with E-state index in [0.29, 0.717) is 0 Å². The monoisotopic (exact) mass is 198 g/mol. The van der Waals surface area contributed by atoms with Crippen LogP contribution in [0.3, 0.4) is 0 Å². The Hall–Kier alpha value is -1.19. The largest absolute Gasteiger partial charge is 0.468 e. The summed E-state index contributed by atoms with van der Waals surface area (Å²) in [5, 5.41) is 0. The Morgan fingerprint density at radius 2 is 1.71 bits per heavy atom. The molecule has 0 saturated heterocycles. The van der Waals surface area contributed by atoms with Crippen LogP contribution in [0.2, 0.25) is 0 Å². The highest BCUT2D eigenvalue weighted by molar-refractivity contribution is 6.18. The topological polar surface area (TPSA) is 60.4 Å². The van der Waals surface area contributed by atoms with Crippen LogP contribution in [0.4, 0.5) is 0 Å². The van der Waals surface area contributed by atoms with Crippen molar-refractivity contribution >= 4 is 17.5 Å². The van der Waals surface area contributed by atoms with Crippen molar-refractivity contribution in [1.29, 1.82) is 0 Å². The molecule has 0 spiro atoms. The van der Waals surface area contributed by atoms with E-state index in [1.54, 1.807) is 0 Å². The molecule has 0 aliphatic heterocycles. The highest BCUT2D eigenvalue weighted by Gasteiger charge is 2.43. The van der Waals surface area contributed by atoms with Crippen molar-refractivity contribution in [3.63, 3.8) is 0 Å². The second kappa shape index (κ2) is 3.52. The number of ketones is 2. The van der Waals surface area contributed by atoms with Crippen molar-refractivity contribution in [3.05, 3.63) is 0 Å². The van der Waals surface area contributed by atoms with Gasteiger partial charge in [-0.05, 0) is 5.41 Å². The van der Waals surface area contributed by atoms with E-state index in [1.807, 2.05) is 13.8 Å². The van der Waals surface area contributed by atoms with Gasteiger partial charge < -0.3 is 4.74 Å². The molecule has 14 heavy (non-hydrogen) atoms. The molecule has 0 aromatic carbocycles. The van der Waals surface area contributed by atoms with E-state index in [0.717, 1.165) is 0 Å². The van der Waals surface area contributed by atoms with Gasteiger partial charge in [0.2, 0.25) is 0 Å². The van der Waals surface area contributed by atoms with E-state index in [2.05, 4.69) is 4.74 Å². The van der Waals surface area contributed by atoms with Crippen LogP contribution in [0.15, 0.2) is 0 Å². The molecule has 4 nitrogen and oxygen atoms in total. The Morgan fingerprint density at radius 3 is 2.07 bits per heavy atom. The molecule has 0 aromatic rings. The Balaban J connectivity index is 2.87. The lowest BCUT2D eigenvalue weighted by Gasteiger charge is -2.30. The zero-order valence-electron chi connectivity index (χ0n) is 8.62. The van der Waals surface area contributed by atoms with Crippen molar-refractivity contribution in [1.82, 2.24) is 0 Å². The van der Waals surface area contributed by atoms with Gasteiger partial charge >= 0.3 is 5.97 Å². The molecule has 0 unspecified atom stereocenters. The first-order valence-electron chi connectivity index (χ1n) is 4.50. The van der Waals surface area contributed by atoms with Crippen LogP contribution in [-0.4, -0.2) is 24.6 Å². The first-order chi connectivity index (χ1) is 6.37. The molecular weight excluding hydrogens is 184 g/mol. The van der Waals surface area contributed by atoms with E-state index >= 15 is 0 Å². The fourth-order valence-corrected chi connectivity index (χ4v) is 1.77. The average Bonchev–Trinajstić information content (AvgIpc) is 1.99. The lowest BCUT2D eigenvalue weighted by atomic mass is 9.71. The molecule has 0 aromatic heterocycles. The standard InChI is InChI=1S/C10H14O4/c1-10(2)4-6(11)8(7(12)5-10)9(13)14-3/h8H,4-5H2,1-3H3. The molecule has 1 fully saturated rings. The van der Waals surface area contributed by atoms with Crippen LogP contribution in [0.5, 0.6) is 0 Å².